The Morgan fingerprint density at radius 2 is 1.95 bits per heavy atom. The minimum absolute atomic E-state index is 0.241. The van der Waals surface area contributed by atoms with Gasteiger partial charge in [0, 0.05) is 19.1 Å². The van der Waals surface area contributed by atoms with Crippen molar-refractivity contribution in [3.8, 4) is 5.75 Å². The van der Waals surface area contributed by atoms with Crippen LogP contribution in [-0.4, -0.2) is 35.0 Å². The molecule has 0 bridgehead atoms. The number of rotatable bonds is 2. The molecule has 5 heteroatoms. The van der Waals surface area contributed by atoms with E-state index >= 15 is 0 Å². The second kappa shape index (κ2) is 5.48. The van der Waals surface area contributed by atoms with Crippen molar-refractivity contribution in [1.29, 1.82) is 0 Å². The van der Waals surface area contributed by atoms with Gasteiger partial charge in [0.1, 0.15) is 11.6 Å². The topological polar surface area (TPSA) is 60.0 Å². The molecule has 5 nitrogen and oxygen atoms in total. The van der Waals surface area contributed by atoms with Crippen LogP contribution in [0.1, 0.15) is 41.9 Å². The lowest BCUT2D eigenvalue weighted by atomic mass is 9.96. The lowest BCUT2D eigenvalue weighted by Crippen LogP contribution is -2.20. The highest BCUT2D eigenvalue weighted by Crippen LogP contribution is 2.32. The van der Waals surface area contributed by atoms with Gasteiger partial charge in [-0.3, -0.25) is 5.10 Å². The van der Waals surface area contributed by atoms with E-state index in [0.717, 1.165) is 49.9 Å². The Morgan fingerprint density at radius 3 is 2.86 bits per heavy atom. The highest BCUT2D eigenvalue weighted by Gasteiger charge is 2.26. The first-order valence-corrected chi connectivity index (χ1v) is 7.61. The molecule has 2 aromatic rings. The first kappa shape index (κ1) is 12.8. The summed E-state index contributed by atoms with van der Waals surface area (Å²) in [7, 11) is 0. The summed E-state index contributed by atoms with van der Waals surface area (Å²) in [5, 5.41) is 7.56. The predicted molar refractivity (Wildman–Crippen MR) is 77.6 cm³/mol. The van der Waals surface area contributed by atoms with Crippen molar-refractivity contribution < 1.29 is 9.47 Å². The van der Waals surface area contributed by atoms with Crippen molar-refractivity contribution in [1.82, 2.24) is 15.2 Å². The fourth-order valence-corrected chi connectivity index (χ4v) is 3.12. The highest BCUT2D eigenvalue weighted by atomic mass is 16.5. The zero-order valence-corrected chi connectivity index (χ0v) is 11.9. The van der Waals surface area contributed by atoms with Crippen LogP contribution in [0.5, 0.6) is 5.75 Å². The molecule has 2 aliphatic rings. The van der Waals surface area contributed by atoms with E-state index in [4.69, 9.17) is 14.5 Å². The second-order valence-electron chi connectivity index (χ2n) is 5.79. The number of nitrogens with one attached hydrogen (secondary N) is 1. The summed E-state index contributed by atoms with van der Waals surface area (Å²) in [6.45, 7) is 2.29. The quantitative estimate of drug-likeness (QED) is 0.920. The van der Waals surface area contributed by atoms with Gasteiger partial charge in [0.2, 0.25) is 0 Å². The van der Waals surface area contributed by atoms with Crippen LogP contribution in [0.15, 0.2) is 24.3 Å². The fourth-order valence-electron chi connectivity index (χ4n) is 3.12. The number of aromatic amines is 1. The number of aromatic nitrogens is 3. The summed E-state index contributed by atoms with van der Waals surface area (Å²) < 4.78 is 11.2. The van der Waals surface area contributed by atoms with Gasteiger partial charge in [-0.25, -0.2) is 4.98 Å². The van der Waals surface area contributed by atoms with Gasteiger partial charge in [-0.05, 0) is 30.9 Å². The van der Waals surface area contributed by atoms with Crippen LogP contribution in [0.4, 0.5) is 0 Å². The molecule has 21 heavy (non-hydrogen) atoms. The van der Waals surface area contributed by atoms with Crippen LogP contribution in [0.2, 0.25) is 0 Å². The molecule has 4 rings (SSSR count). The lowest BCUT2D eigenvalue weighted by molar-refractivity contribution is 0.0836. The first-order chi connectivity index (χ1) is 10.4. The Kier molecular flexibility index (Phi) is 3.35. The van der Waals surface area contributed by atoms with Gasteiger partial charge in [-0.2, -0.15) is 5.10 Å². The van der Waals surface area contributed by atoms with E-state index < -0.39 is 0 Å². The molecule has 0 saturated carbocycles. The van der Waals surface area contributed by atoms with Gasteiger partial charge in [0.05, 0.1) is 12.5 Å². The van der Waals surface area contributed by atoms with Crippen molar-refractivity contribution in [3.63, 3.8) is 0 Å². The van der Waals surface area contributed by atoms with Crippen LogP contribution in [0.25, 0.3) is 0 Å². The van der Waals surface area contributed by atoms with Gasteiger partial charge in [-0.15, -0.1) is 0 Å². The van der Waals surface area contributed by atoms with E-state index in [-0.39, 0.29) is 5.92 Å². The predicted octanol–water partition coefficient (Wildman–Crippen LogP) is 2.42. The van der Waals surface area contributed by atoms with Gasteiger partial charge < -0.3 is 9.47 Å². The van der Waals surface area contributed by atoms with Crippen molar-refractivity contribution in [2.24, 2.45) is 0 Å². The average Bonchev–Trinajstić information content (AvgIpc) is 3.05. The normalized spacial score (nSPS) is 22.6. The molecule has 0 aliphatic carbocycles. The first-order valence-electron chi connectivity index (χ1n) is 7.61. The molecule has 0 radical (unpaired) electrons. The third kappa shape index (κ3) is 2.53. The fraction of sp³-hybridized carbons (Fsp3) is 0.500. The van der Waals surface area contributed by atoms with Crippen LogP contribution in [0.3, 0.4) is 0 Å². The minimum Gasteiger partial charge on any atom is -0.493 e. The van der Waals surface area contributed by atoms with Crippen molar-refractivity contribution >= 4 is 0 Å². The molecule has 3 heterocycles. The molecular weight excluding hydrogens is 266 g/mol. The van der Waals surface area contributed by atoms with E-state index in [1.165, 1.54) is 5.56 Å². The van der Waals surface area contributed by atoms with E-state index in [0.29, 0.717) is 12.5 Å². The SMILES string of the molecule is c1ccc2c(c1)C[C@@H](c1n[nH]c(C3CCOCC3)n1)CO2. The Labute approximate surface area is 123 Å². The van der Waals surface area contributed by atoms with E-state index in [9.17, 15) is 0 Å². The summed E-state index contributed by atoms with van der Waals surface area (Å²) in [4.78, 5) is 4.73. The maximum atomic E-state index is 5.83. The number of fused-ring (bicyclic) bond motifs is 1. The molecule has 1 fully saturated rings. The molecule has 1 N–H and O–H groups in total. The number of H-pyrrole nitrogens is 1. The summed E-state index contributed by atoms with van der Waals surface area (Å²) >= 11 is 0. The third-order valence-electron chi connectivity index (χ3n) is 4.37. The lowest BCUT2D eigenvalue weighted by Gasteiger charge is -2.23. The van der Waals surface area contributed by atoms with E-state index in [2.05, 4.69) is 22.3 Å². The largest absolute Gasteiger partial charge is 0.493 e. The molecule has 0 amide bonds. The van der Waals surface area contributed by atoms with E-state index in [1.807, 2.05) is 12.1 Å². The van der Waals surface area contributed by atoms with Gasteiger partial charge in [-0.1, -0.05) is 18.2 Å². The van der Waals surface area contributed by atoms with Gasteiger partial charge in [0.15, 0.2) is 5.82 Å². The van der Waals surface area contributed by atoms with Crippen molar-refractivity contribution in [2.45, 2.75) is 31.1 Å². The third-order valence-corrected chi connectivity index (χ3v) is 4.37. The standard InChI is InChI=1S/C16H19N3O2/c1-2-4-14-12(3-1)9-13(10-21-14)16-17-15(18-19-16)11-5-7-20-8-6-11/h1-4,11,13H,5-10H2,(H,17,18,19)/t13-/m1/s1. The van der Waals surface area contributed by atoms with Crippen LogP contribution in [0, 0.1) is 0 Å². The Bertz CT molecular complexity index is 619. The number of ether oxygens (including phenoxy) is 2. The molecule has 2 aliphatic heterocycles. The minimum atomic E-state index is 0.241. The Hall–Kier alpha value is -1.88. The number of para-hydroxylation sites is 1. The second-order valence-corrected chi connectivity index (χ2v) is 5.79. The molecule has 0 spiro atoms. The maximum Gasteiger partial charge on any atom is 0.157 e. The monoisotopic (exact) mass is 285 g/mol. The zero-order chi connectivity index (χ0) is 14.1. The Balaban J connectivity index is 1.51. The molecule has 110 valence electrons. The molecule has 1 atom stereocenters. The van der Waals surface area contributed by atoms with Crippen molar-refractivity contribution in [3.05, 3.63) is 41.5 Å². The van der Waals surface area contributed by atoms with E-state index in [1.54, 1.807) is 0 Å². The molecule has 1 saturated heterocycles. The Morgan fingerprint density at radius 1 is 1.10 bits per heavy atom. The summed E-state index contributed by atoms with van der Waals surface area (Å²) in [5.41, 5.74) is 1.24. The zero-order valence-electron chi connectivity index (χ0n) is 11.9. The number of nitrogens with zero attached hydrogens (tertiary/aromatic N) is 2. The number of hydrogen-bond acceptors (Lipinski definition) is 4. The molecule has 1 aromatic heterocycles. The smallest absolute Gasteiger partial charge is 0.157 e. The summed E-state index contributed by atoms with van der Waals surface area (Å²) in [5.74, 6) is 3.58. The molecule has 1 aromatic carbocycles. The van der Waals surface area contributed by atoms with Gasteiger partial charge >= 0.3 is 0 Å². The van der Waals surface area contributed by atoms with Crippen LogP contribution in [-0.2, 0) is 11.2 Å². The average molecular weight is 285 g/mol. The highest BCUT2D eigenvalue weighted by molar-refractivity contribution is 5.36. The number of hydrogen-bond donors (Lipinski definition) is 1. The summed E-state index contributed by atoms with van der Waals surface area (Å²) in [6, 6.07) is 8.20. The maximum absolute atomic E-state index is 5.83. The molecule has 0 unspecified atom stereocenters. The summed E-state index contributed by atoms with van der Waals surface area (Å²) in [6.07, 6.45) is 3.00. The molecular formula is C16H19N3O2. The van der Waals surface area contributed by atoms with Crippen LogP contribution >= 0.6 is 0 Å². The van der Waals surface area contributed by atoms with Gasteiger partial charge in [0.25, 0.3) is 0 Å². The van der Waals surface area contributed by atoms with Crippen molar-refractivity contribution in [2.75, 3.05) is 19.8 Å². The number of benzene rings is 1. The van der Waals surface area contributed by atoms with Crippen LogP contribution < -0.4 is 4.74 Å².